The first-order valence-electron chi connectivity index (χ1n) is 6.76. The number of benzene rings is 2. The molecule has 0 aromatic heterocycles. The van der Waals surface area contributed by atoms with Crippen LogP contribution >= 0.6 is 15.9 Å². The first kappa shape index (κ1) is 15.7. The van der Waals surface area contributed by atoms with Crippen LogP contribution in [0.5, 0.6) is 0 Å². The number of anilines is 1. The fourth-order valence-corrected chi connectivity index (χ4v) is 2.65. The highest BCUT2D eigenvalue weighted by molar-refractivity contribution is 9.10. The van der Waals surface area contributed by atoms with Gasteiger partial charge in [0, 0.05) is 5.69 Å². The van der Waals surface area contributed by atoms with Crippen molar-refractivity contribution in [3.05, 3.63) is 63.4 Å². The van der Waals surface area contributed by atoms with Gasteiger partial charge in [0.25, 0.3) is 5.91 Å². The normalized spacial score (nSPS) is 10.8. The Hall–Kier alpha value is -1.68. The Labute approximate surface area is 132 Å². The Kier molecular flexibility index (Phi) is 4.78. The van der Waals surface area contributed by atoms with Gasteiger partial charge < -0.3 is 5.32 Å². The topological polar surface area (TPSA) is 29.1 Å². The predicted molar refractivity (Wildman–Crippen MR) is 87.3 cm³/mol. The van der Waals surface area contributed by atoms with Gasteiger partial charge >= 0.3 is 0 Å². The molecule has 0 aliphatic heterocycles. The van der Waals surface area contributed by atoms with Crippen molar-refractivity contribution < 1.29 is 9.18 Å². The summed E-state index contributed by atoms with van der Waals surface area (Å²) in [5.41, 5.74) is 3.14. The van der Waals surface area contributed by atoms with Crippen LogP contribution in [-0.4, -0.2) is 5.91 Å². The second-order valence-electron chi connectivity index (χ2n) is 5.25. The van der Waals surface area contributed by atoms with Crippen molar-refractivity contribution in [2.45, 2.75) is 26.7 Å². The van der Waals surface area contributed by atoms with Crippen LogP contribution in [-0.2, 0) is 0 Å². The molecule has 0 atom stereocenters. The van der Waals surface area contributed by atoms with Crippen LogP contribution < -0.4 is 5.32 Å². The van der Waals surface area contributed by atoms with Crippen molar-refractivity contribution in [1.82, 2.24) is 0 Å². The van der Waals surface area contributed by atoms with E-state index in [1.807, 2.05) is 25.1 Å². The maximum Gasteiger partial charge on any atom is 0.256 e. The van der Waals surface area contributed by atoms with Crippen LogP contribution in [0.1, 0.15) is 41.3 Å². The van der Waals surface area contributed by atoms with Gasteiger partial charge in [-0.1, -0.05) is 38.1 Å². The van der Waals surface area contributed by atoms with Crippen molar-refractivity contribution in [2.75, 3.05) is 5.32 Å². The van der Waals surface area contributed by atoms with Gasteiger partial charge in [-0.15, -0.1) is 0 Å². The van der Waals surface area contributed by atoms with Gasteiger partial charge in [0.15, 0.2) is 0 Å². The minimum atomic E-state index is -0.448. The fraction of sp³-hybridized carbons (Fsp3) is 0.235. The van der Waals surface area contributed by atoms with Crippen LogP contribution in [0.2, 0.25) is 0 Å². The predicted octanol–water partition coefficient (Wildman–Crippen LogP) is 5.27. The number of aryl methyl sites for hydroxylation is 1. The Morgan fingerprint density at radius 3 is 2.52 bits per heavy atom. The van der Waals surface area contributed by atoms with Gasteiger partial charge in [-0.3, -0.25) is 4.79 Å². The lowest BCUT2D eigenvalue weighted by Crippen LogP contribution is -2.15. The minimum absolute atomic E-state index is 0.183. The van der Waals surface area contributed by atoms with E-state index in [1.54, 1.807) is 6.07 Å². The maximum absolute atomic E-state index is 13.5. The largest absolute Gasteiger partial charge is 0.321 e. The van der Waals surface area contributed by atoms with Gasteiger partial charge in [0.1, 0.15) is 5.82 Å². The molecule has 0 spiro atoms. The molecule has 2 nitrogen and oxygen atoms in total. The first-order chi connectivity index (χ1) is 9.91. The second kappa shape index (κ2) is 6.39. The van der Waals surface area contributed by atoms with Crippen molar-refractivity contribution in [2.24, 2.45) is 0 Å². The van der Waals surface area contributed by atoms with Crippen LogP contribution in [0.3, 0.4) is 0 Å². The van der Waals surface area contributed by atoms with Gasteiger partial charge in [-0.05, 0) is 52.0 Å². The van der Waals surface area contributed by atoms with E-state index >= 15 is 0 Å². The highest BCUT2D eigenvalue weighted by Crippen LogP contribution is 2.29. The van der Waals surface area contributed by atoms with E-state index in [9.17, 15) is 9.18 Å². The van der Waals surface area contributed by atoms with E-state index in [-0.39, 0.29) is 21.9 Å². The molecule has 4 heteroatoms. The highest BCUT2D eigenvalue weighted by Gasteiger charge is 2.16. The molecule has 0 fully saturated rings. The zero-order chi connectivity index (χ0) is 15.6. The Morgan fingerprint density at radius 1 is 1.19 bits per heavy atom. The lowest BCUT2D eigenvalue weighted by Gasteiger charge is -2.17. The summed E-state index contributed by atoms with van der Waals surface area (Å²) in [4.78, 5) is 12.4. The fourth-order valence-electron chi connectivity index (χ4n) is 2.20. The standard InChI is InChI=1S/C17H17BrFNO/c1-10(2)12-7-4-6-11(3)16(12)20-17(21)13-8-5-9-14(19)15(13)18/h4-10H,1-3H3,(H,20,21). The molecular weight excluding hydrogens is 333 g/mol. The number of nitrogens with one attached hydrogen (secondary N) is 1. The van der Waals surface area contributed by atoms with Gasteiger partial charge in [0.2, 0.25) is 0 Å². The number of hydrogen-bond acceptors (Lipinski definition) is 1. The van der Waals surface area contributed by atoms with E-state index in [2.05, 4.69) is 35.1 Å². The number of hydrogen-bond donors (Lipinski definition) is 1. The number of carbonyl (C=O) groups excluding carboxylic acids is 1. The molecule has 110 valence electrons. The zero-order valence-corrected chi connectivity index (χ0v) is 13.8. The number of para-hydroxylation sites is 1. The summed E-state index contributed by atoms with van der Waals surface area (Å²) in [6.45, 7) is 6.09. The van der Waals surface area contributed by atoms with Crippen molar-refractivity contribution >= 4 is 27.5 Å². The maximum atomic E-state index is 13.5. The summed E-state index contributed by atoms with van der Waals surface area (Å²) in [5, 5.41) is 2.91. The molecule has 0 aliphatic rings. The average molecular weight is 350 g/mol. The van der Waals surface area contributed by atoms with Gasteiger partial charge in [-0.2, -0.15) is 0 Å². The zero-order valence-electron chi connectivity index (χ0n) is 12.2. The summed E-state index contributed by atoms with van der Waals surface area (Å²) in [6.07, 6.45) is 0. The molecule has 0 bridgehead atoms. The average Bonchev–Trinajstić information content (AvgIpc) is 2.43. The van der Waals surface area contributed by atoms with Gasteiger partial charge in [0.05, 0.1) is 10.0 Å². The Morgan fingerprint density at radius 2 is 1.86 bits per heavy atom. The molecule has 2 aromatic rings. The number of carbonyl (C=O) groups is 1. The van der Waals surface area contributed by atoms with Gasteiger partial charge in [-0.25, -0.2) is 4.39 Å². The molecule has 1 amide bonds. The molecule has 0 saturated carbocycles. The molecule has 2 rings (SSSR count). The van der Waals surface area contributed by atoms with Crippen LogP contribution in [0, 0.1) is 12.7 Å². The summed E-state index contributed by atoms with van der Waals surface area (Å²) in [5.74, 6) is -0.481. The molecule has 0 radical (unpaired) electrons. The minimum Gasteiger partial charge on any atom is -0.321 e. The van der Waals surface area contributed by atoms with E-state index in [1.165, 1.54) is 12.1 Å². The lowest BCUT2D eigenvalue weighted by molar-refractivity contribution is 0.102. The van der Waals surface area contributed by atoms with Crippen LogP contribution in [0.15, 0.2) is 40.9 Å². The van der Waals surface area contributed by atoms with Crippen molar-refractivity contribution in [3.63, 3.8) is 0 Å². The quantitative estimate of drug-likeness (QED) is 0.803. The number of rotatable bonds is 3. The monoisotopic (exact) mass is 349 g/mol. The molecule has 0 aliphatic carbocycles. The Balaban J connectivity index is 2.39. The summed E-state index contributed by atoms with van der Waals surface area (Å²) in [7, 11) is 0. The molecule has 21 heavy (non-hydrogen) atoms. The van der Waals surface area contributed by atoms with E-state index in [0.717, 1.165) is 16.8 Å². The first-order valence-corrected chi connectivity index (χ1v) is 7.56. The molecule has 2 aromatic carbocycles. The third kappa shape index (κ3) is 3.32. The smallest absolute Gasteiger partial charge is 0.256 e. The molecule has 1 N–H and O–H groups in total. The molecule has 0 unspecified atom stereocenters. The van der Waals surface area contributed by atoms with Crippen molar-refractivity contribution in [1.29, 1.82) is 0 Å². The van der Waals surface area contributed by atoms with Crippen LogP contribution in [0.25, 0.3) is 0 Å². The van der Waals surface area contributed by atoms with E-state index in [4.69, 9.17) is 0 Å². The van der Waals surface area contributed by atoms with Crippen LogP contribution in [0.4, 0.5) is 10.1 Å². The number of amides is 1. The van der Waals surface area contributed by atoms with E-state index in [0.29, 0.717) is 0 Å². The van der Waals surface area contributed by atoms with Crippen molar-refractivity contribution in [3.8, 4) is 0 Å². The summed E-state index contributed by atoms with van der Waals surface area (Å²) < 4.78 is 13.7. The Bertz CT molecular complexity index is 682. The highest BCUT2D eigenvalue weighted by atomic mass is 79.9. The SMILES string of the molecule is Cc1cccc(C(C)C)c1NC(=O)c1cccc(F)c1Br. The molecule has 0 heterocycles. The summed E-state index contributed by atoms with van der Waals surface area (Å²) >= 11 is 3.12. The lowest BCUT2D eigenvalue weighted by atomic mass is 9.98. The van der Waals surface area contributed by atoms with E-state index < -0.39 is 5.82 Å². The molecular formula is C17H17BrFNO. The molecule has 0 saturated heterocycles. The third-order valence-corrected chi connectivity index (χ3v) is 4.17. The third-order valence-electron chi connectivity index (χ3n) is 3.36. The number of halogens is 2. The summed E-state index contributed by atoms with van der Waals surface area (Å²) in [6, 6.07) is 10.3. The second-order valence-corrected chi connectivity index (χ2v) is 6.04.